The lowest BCUT2D eigenvalue weighted by atomic mass is 10.00. The number of aromatic hydroxyl groups is 2. The van der Waals surface area contributed by atoms with Crippen molar-refractivity contribution in [3.8, 4) is 11.5 Å². The Labute approximate surface area is 107 Å². The van der Waals surface area contributed by atoms with Crippen molar-refractivity contribution in [2.75, 3.05) is 0 Å². The average molecular weight is 240 g/mol. The summed E-state index contributed by atoms with van der Waals surface area (Å²) in [7, 11) is 0. The maximum Gasteiger partial charge on any atom is 0.115 e. The maximum absolute atomic E-state index is 9.23. The summed E-state index contributed by atoms with van der Waals surface area (Å²) in [6.45, 7) is 2.10. The van der Waals surface area contributed by atoms with Gasteiger partial charge in [-0.15, -0.1) is 0 Å². The molecule has 1 atom stereocenters. The summed E-state index contributed by atoms with van der Waals surface area (Å²) >= 11 is 0. The Morgan fingerprint density at radius 3 is 1.89 bits per heavy atom. The number of rotatable bonds is 3. The molecule has 0 bridgehead atoms. The van der Waals surface area contributed by atoms with E-state index in [-0.39, 0.29) is 17.4 Å². The van der Waals surface area contributed by atoms with Gasteiger partial charge in [0, 0.05) is 0 Å². The van der Waals surface area contributed by atoms with Crippen LogP contribution in [-0.4, -0.2) is 10.2 Å². The largest absolute Gasteiger partial charge is 0.508 e. The summed E-state index contributed by atoms with van der Waals surface area (Å²) in [5, 5.41) is 18.4. The molecule has 0 aliphatic carbocycles. The van der Waals surface area contributed by atoms with Crippen molar-refractivity contribution in [3.05, 3.63) is 65.7 Å². The normalized spacial score (nSPS) is 12.7. The summed E-state index contributed by atoms with van der Waals surface area (Å²) in [6, 6.07) is 14.3. The summed E-state index contributed by atoms with van der Waals surface area (Å²) in [5.74, 6) is 0.839. The summed E-state index contributed by atoms with van der Waals surface area (Å²) in [6.07, 6.45) is 4.12. The smallest absolute Gasteiger partial charge is 0.115 e. The third-order valence-electron chi connectivity index (χ3n) is 2.89. The molecule has 1 unspecified atom stereocenters. The molecule has 18 heavy (non-hydrogen) atoms. The molecule has 0 amide bonds. The fraction of sp³-hybridized carbons (Fsp3) is 0.125. The van der Waals surface area contributed by atoms with Crippen molar-refractivity contribution in [2.24, 2.45) is 0 Å². The molecule has 0 saturated carbocycles. The molecule has 0 heterocycles. The lowest BCUT2D eigenvalue weighted by Crippen LogP contribution is -1.87. The second-order valence-electron chi connectivity index (χ2n) is 4.33. The highest BCUT2D eigenvalue weighted by Crippen LogP contribution is 2.21. The molecule has 0 aliphatic heterocycles. The molecule has 0 aromatic heterocycles. The molecular formula is C16H16O2. The zero-order valence-electron chi connectivity index (χ0n) is 10.2. The standard InChI is InChI=1S/C16H16O2/c1-12(14-6-10-16(18)11-7-14)2-3-13-4-8-15(17)9-5-13/h2-12,17-18H,1H3. The van der Waals surface area contributed by atoms with Crippen LogP contribution in [0.2, 0.25) is 0 Å². The van der Waals surface area contributed by atoms with Crippen LogP contribution in [0.3, 0.4) is 0 Å². The van der Waals surface area contributed by atoms with Crippen LogP contribution in [0.4, 0.5) is 0 Å². The van der Waals surface area contributed by atoms with E-state index in [1.807, 2.05) is 30.3 Å². The van der Waals surface area contributed by atoms with Gasteiger partial charge in [0.2, 0.25) is 0 Å². The van der Waals surface area contributed by atoms with Crippen LogP contribution in [0.5, 0.6) is 11.5 Å². The highest BCUT2D eigenvalue weighted by Gasteiger charge is 2.00. The molecule has 0 aliphatic rings. The topological polar surface area (TPSA) is 40.5 Å². The first-order chi connectivity index (χ1) is 8.65. The molecule has 0 spiro atoms. The summed E-state index contributed by atoms with van der Waals surface area (Å²) < 4.78 is 0. The lowest BCUT2D eigenvalue weighted by Gasteiger charge is -2.06. The van der Waals surface area contributed by atoms with Gasteiger partial charge in [-0.2, -0.15) is 0 Å². The Kier molecular flexibility index (Phi) is 3.68. The molecule has 0 saturated heterocycles. The first kappa shape index (κ1) is 12.2. The fourth-order valence-electron chi connectivity index (χ4n) is 1.73. The molecule has 2 N–H and O–H groups in total. The van der Waals surface area contributed by atoms with Gasteiger partial charge in [0.05, 0.1) is 0 Å². The van der Waals surface area contributed by atoms with Gasteiger partial charge in [-0.3, -0.25) is 0 Å². The van der Waals surface area contributed by atoms with Gasteiger partial charge >= 0.3 is 0 Å². The SMILES string of the molecule is CC(C=Cc1ccc(O)cc1)c1ccc(O)cc1. The average Bonchev–Trinajstić information content (AvgIpc) is 2.38. The van der Waals surface area contributed by atoms with E-state index < -0.39 is 0 Å². The quantitative estimate of drug-likeness (QED) is 0.853. The number of benzene rings is 2. The minimum atomic E-state index is 0.277. The van der Waals surface area contributed by atoms with Crippen molar-refractivity contribution in [1.82, 2.24) is 0 Å². The Hall–Kier alpha value is -2.22. The zero-order valence-corrected chi connectivity index (χ0v) is 10.2. The van der Waals surface area contributed by atoms with Gasteiger partial charge in [-0.25, -0.2) is 0 Å². The molecule has 2 heteroatoms. The number of phenols is 2. The monoisotopic (exact) mass is 240 g/mol. The Bertz CT molecular complexity index is 524. The molecule has 0 radical (unpaired) electrons. The maximum atomic E-state index is 9.23. The van der Waals surface area contributed by atoms with E-state index in [2.05, 4.69) is 13.0 Å². The van der Waals surface area contributed by atoms with Crippen LogP contribution >= 0.6 is 0 Å². The second kappa shape index (κ2) is 5.41. The van der Waals surface area contributed by atoms with Crippen molar-refractivity contribution in [2.45, 2.75) is 12.8 Å². The lowest BCUT2D eigenvalue weighted by molar-refractivity contribution is 0.474. The van der Waals surface area contributed by atoms with Gasteiger partial charge in [-0.1, -0.05) is 43.3 Å². The minimum absolute atomic E-state index is 0.277. The van der Waals surface area contributed by atoms with E-state index >= 15 is 0 Å². The summed E-state index contributed by atoms with van der Waals surface area (Å²) in [5.41, 5.74) is 2.21. The van der Waals surface area contributed by atoms with Crippen LogP contribution in [0.25, 0.3) is 6.08 Å². The van der Waals surface area contributed by atoms with Crippen LogP contribution < -0.4 is 0 Å². The molecule has 2 aromatic carbocycles. The van der Waals surface area contributed by atoms with E-state index in [9.17, 15) is 10.2 Å². The Morgan fingerprint density at radius 2 is 1.33 bits per heavy atom. The number of allylic oxidation sites excluding steroid dienone is 1. The summed E-state index contributed by atoms with van der Waals surface area (Å²) in [4.78, 5) is 0. The van der Waals surface area contributed by atoms with Crippen molar-refractivity contribution in [1.29, 1.82) is 0 Å². The molecule has 2 aromatic rings. The first-order valence-corrected chi connectivity index (χ1v) is 5.91. The van der Waals surface area contributed by atoms with Crippen molar-refractivity contribution in [3.63, 3.8) is 0 Å². The highest BCUT2D eigenvalue weighted by molar-refractivity contribution is 5.52. The van der Waals surface area contributed by atoms with Crippen molar-refractivity contribution >= 4 is 6.08 Å². The molecule has 2 nitrogen and oxygen atoms in total. The van der Waals surface area contributed by atoms with Crippen LogP contribution in [0, 0.1) is 0 Å². The molecule has 92 valence electrons. The van der Waals surface area contributed by atoms with Crippen LogP contribution in [0.15, 0.2) is 54.6 Å². The fourth-order valence-corrected chi connectivity index (χ4v) is 1.73. The van der Waals surface area contributed by atoms with E-state index in [0.29, 0.717) is 0 Å². The van der Waals surface area contributed by atoms with E-state index in [1.54, 1.807) is 24.3 Å². The van der Waals surface area contributed by atoms with E-state index in [1.165, 1.54) is 0 Å². The Morgan fingerprint density at radius 1 is 0.833 bits per heavy atom. The first-order valence-electron chi connectivity index (χ1n) is 5.91. The third kappa shape index (κ3) is 3.14. The highest BCUT2D eigenvalue weighted by atomic mass is 16.3. The van der Waals surface area contributed by atoms with Crippen molar-refractivity contribution < 1.29 is 10.2 Å². The number of hydrogen-bond donors (Lipinski definition) is 2. The Balaban J connectivity index is 2.08. The third-order valence-corrected chi connectivity index (χ3v) is 2.89. The molecule has 2 rings (SSSR count). The van der Waals surface area contributed by atoms with Gasteiger partial charge in [0.15, 0.2) is 0 Å². The predicted octanol–water partition coefficient (Wildman–Crippen LogP) is 3.91. The van der Waals surface area contributed by atoms with Gasteiger partial charge in [0.1, 0.15) is 11.5 Å². The van der Waals surface area contributed by atoms with Crippen LogP contribution in [-0.2, 0) is 0 Å². The second-order valence-corrected chi connectivity index (χ2v) is 4.33. The van der Waals surface area contributed by atoms with Gasteiger partial charge in [-0.05, 0) is 41.3 Å². The van der Waals surface area contributed by atoms with Gasteiger partial charge in [0.25, 0.3) is 0 Å². The number of hydrogen-bond acceptors (Lipinski definition) is 2. The van der Waals surface area contributed by atoms with Gasteiger partial charge < -0.3 is 10.2 Å². The zero-order chi connectivity index (χ0) is 13.0. The number of phenolic OH excluding ortho intramolecular Hbond substituents is 2. The molecular weight excluding hydrogens is 224 g/mol. The molecule has 0 fully saturated rings. The van der Waals surface area contributed by atoms with E-state index in [0.717, 1.165) is 11.1 Å². The van der Waals surface area contributed by atoms with E-state index in [4.69, 9.17) is 0 Å². The van der Waals surface area contributed by atoms with Crippen LogP contribution in [0.1, 0.15) is 24.0 Å². The minimum Gasteiger partial charge on any atom is -0.508 e. The predicted molar refractivity (Wildman–Crippen MR) is 73.7 cm³/mol.